The fourth-order valence-electron chi connectivity index (χ4n) is 2.96. The van der Waals surface area contributed by atoms with Crippen molar-refractivity contribution in [3.63, 3.8) is 0 Å². The molecule has 0 aliphatic rings. The predicted molar refractivity (Wildman–Crippen MR) is 100 cm³/mol. The van der Waals surface area contributed by atoms with Crippen LogP contribution in [0.1, 0.15) is 12.0 Å². The third-order valence-corrected chi connectivity index (χ3v) is 4.24. The summed E-state index contributed by atoms with van der Waals surface area (Å²) in [5, 5.41) is 3.43. The van der Waals surface area contributed by atoms with E-state index in [0.717, 1.165) is 33.5 Å². The van der Waals surface area contributed by atoms with Crippen LogP contribution < -0.4 is 10.1 Å². The standard InChI is InChI=1S/C21H19FN2O2/c1-3-12-23-20(25)11-9-17-18-13-15(22)6-10-19(18)24-21(17)14-4-7-16(26-2)8-5-14/h1,4-8,10,13,24H,9,11-12H2,2H3,(H,23,25). The van der Waals surface area contributed by atoms with Gasteiger partial charge in [-0.25, -0.2) is 4.39 Å². The van der Waals surface area contributed by atoms with E-state index < -0.39 is 0 Å². The molecule has 1 aromatic heterocycles. The first-order valence-corrected chi connectivity index (χ1v) is 8.27. The van der Waals surface area contributed by atoms with Crippen LogP contribution in [0.2, 0.25) is 0 Å². The Morgan fingerprint density at radius 3 is 2.73 bits per heavy atom. The normalized spacial score (nSPS) is 10.5. The molecule has 0 unspecified atom stereocenters. The number of benzene rings is 2. The van der Waals surface area contributed by atoms with Gasteiger partial charge in [0.1, 0.15) is 11.6 Å². The van der Waals surface area contributed by atoms with Crippen LogP contribution in [0.4, 0.5) is 4.39 Å². The number of amides is 1. The Labute approximate surface area is 151 Å². The minimum Gasteiger partial charge on any atom is -0.497 e. The van der Waals surface area contributed by atoms with Crippen molar-refractivity contribution in [1.29, 1.82) is 0 Å². The number of hydrogen-bond acceptors (Lipinski definition) is 2. The smallest absolute Gasteiger partial charge is 0.221 e. The molecule has 0 bridgehead atoms. The SMILES string of the molecule is C#CCNC(=O)CCc1c(-c2ccc(OC)cc2)[nH]c2ccc(F)cc12. The summed E-state index contributed by atoms with van der Waals surface area (Å²) in [5.74, 6) is 2.69. The summed E-state index contributed by atoms with van der Waals surface area (Å²) in [6, 6.07) is 12.2. The van der Waals surface area contributed by atoms with Gasteiger partial charge in [-0.2, -0.15) is 0 Å². The lowest BCUT2D eigenvalue weighted by Gasteiger charge is -2.07. The number of aromatic amines is 1. The summed E-state index contributed by atoms with van der Waals surface area (Å²) in [4.78, 5) is 15.3. The third kappa shape index (κ3) is 3.70. The lowest BCUT2D eigenvalue weighted by atomic mass is 10.0. The zero-order valence-electron chi connectivity index (χ0n) is 14.4. The lowest BCUT2D eigenvalue weighted by Crippen LogP contribution is -2.23. The Bertz CT molecular complexity index is 968. The molecule has 2 aromatic carbocycles. The average Bonchev–Trinajstić information content (AvgIpc) is 3.02. The van der Waals surface area contributed by atoms with Gasteiger partial charge in [-0.15, -0.1) is 6.42 Å². The van der Waals surface area contributed by atoms with Gasteiger partial charge >= 0.3 is 0 Å². The molecule has 2 N–H and O–H groups in total. The predicted octanol–water partition coefficient (Wildman–Crippen LogP) is 3.66. The molecule has 0 radical (unpaired) electrons. The number of aryl methyl sites for hydroxylation is 1. The number of methoxy groups -OCH3 is 1. The second-order valence-corrected chi connectivity index (χ2v) is 5.88. The molecule has 0 atom stereocenters. The number of hydrogen-bond donors (Lipinski definition) is 2. The van der Waals surface area contributed by atoms with E-state index in [1.807, 2.05) is 24.3 Å². The van der Waals surface area contributed by atoms with E-state index in [0.29, 0.717) is 6.42 Å². The second-order valence-electron chi connectivity index (χ2n) is 5.88. The molecule has 132 valence electrons. The Balaban J connectivity index is 1.98. The fourth-order valence-corrected chi connectivity index (χ4v) is 2.96. The lowest BCUT2D eigenvalue weighted by molar-refractivity contribution is -0.120. The molecular formula is C21H19FN2O2. The van der Waals surface area contributed by atoms with Crippen LogP contribution in [0.3, 0.4) is 0 Å². The van der Waals surface area contributed by atoms with Gasteiger partial charge < -0.3 is 15.0 Å². The first kappa shape index (κ1) is 17.6. The molecule has 5 heteroatoms. The topological polar surface area (TPSA) is 54.1 Å². The van der Waals surface area contributed by atoms with Crippen LogP contribution in [-0.4, -0.2) is 24.5 Å². The third-order valence-electron chi connectivity index (χ3n) is 4.24. The Morgan fingerprint density at radius 2 is 2.04 bits per heavy atom. The van der Waals surface area contributed by atoms with Gasteiger partial charge in [-0.1, -0.05) is 5.92 Å². The van der Waals surface area contributed by atoms with Crippen molar-refractivity contribution in [2.75, 3.05) is 13.7 Å². The van der Waals surface area contributed by atoms with E-state index in [-0.39, 0.29) is 24.7 Å². The molecule has 0 saturated carbocycles. The number of rotatable bonds is 6. The Kier molecular flexibility index (Phi) is 5.23. The van der Waals surface area contributed by atoms with Gasteiger partial charge in [0, 0.05) is 23.0 Å². The maximum absolute atomic E-state index is 13.8. The Morgan fingerprint density at radius 1 is 1.27 bits per heavy atom. The highest BCUT2D eigenvalue weighted by Crippen LogP contribution is 2.32. The molecular weight excluding hydrogens is 331 g/mol. The van der Waals surface area contributed by atoms with Crippen molar-refractivity contribution in [1.82, 2.24) is 10.3 Å². The molecule has 0 spiro atoms. The van der Waals surface area contributed by atoms with E-state index in [4.69, 9.17) is 11.2 Å². The fraction of sp³-hybridized carbons (Fsp3) is 0.190. The van der Waals surface area contributed by atoms with Gasteiger partial charge in [0.05, 0.1) is 13.7 Å². The Hall–Kier alpha value is -3.26. The van der Waals surface area contributed by atoms with Crippen molar-refractivity contribution in [2.24, 2.45) is 0 Å². The van der Waals surface area contributed by atoms with Gasteiger partial charge in [0.25, 0.3) is 0 Å². The highest BCUT2D eigenvalue weighted by Gasteiger charge is 2.15. The quantitative estimate of drug-likeness (QED) is 0.667. The first-order chi connectivity index (χ1) is 12.6. The number of carbonyl (C=O) groups is 1. The van der Waals surface area contributed by atoms with Crippen LogP contribution >= 0.6 is 0 Å². The molecule has 0 fully saturated rings. The summed E-state index contributed by atoms with van der Waals surface area (Å²) in [5.41, 5.74) is 3.55. The zero-order valence-corrected chi connectivity index (χ0v) is 14.4. The molecule has 4 nitrogen and oxygen atoms in total. The van der Waals surface area contributed by atoms with Crippen molar-refractivity contribution >= 4 is 16.8 Å². The van der Waals surface area contributed by atoms with Gasteiger partial charge in [-0.05, 0) is 60.0 Å². The van der Waals surface area contributed by atoms with Gasteiger partial charge in [0.15, 0.2) is 0 Å². The highest BCUT2D eigenvalue weighted by atomic mass is 19.1. The van der Waals surface area contributed by atoms with Crippen molar-refractivity contribution < 1.29 is 13.9 Å². The number of aromatic nitrogens is 1. The van der Waals surface area contributed by atoms with Crippen LogP contribution in [0.25, 0.3) is 22.2 Å². The van der Waals surface area contributed by atoms with Crippen LogP contribution in [-0.2, 0) is 11.2 Å². The summed E-state index contributed by atoms with van der Waals surface area (Å²) in [7, 11) is 1.61. The minimum atomic E-state index is -0.309. The maximum Gasteiger partial charge on any atom is 0.221 e. The van der Waals surface area contributed by atoms with E-state index in [2.05, 4.69) is 16.2 Å². The van der Waals surface area contributed by atoms with Crippen LogP contribution in [0.15, 0.2) is 42.5 Å². The van der Waals surface area contributed by atoms with Crippen molar-refractivity contribution in [3.05, 3.63) is 53.8 Å². The average molecular weight is 350 g/mol. The molecule has 0 saturated heterocycles. The molecule has 3 rings (SSSR count). The van der Waals surface area contributed by atoms with E-state index >= 15 is 0 Å². The van der Waals surface area contributed by atoms with Crippen molar-refractivity contribution in [2.45, 2.75) is 12.8 Å². The maximum atomic E-state index is 13.8. The zero-order chi connectivity index (χ0) is 18.5. The summed E-state index contributed by atoms with van der Waals surface area (Å²) in [6.07, 6.45) is 5.91. The number of halogens is 1. The number of carbonyl (C=O) groups excluding carboxylic acids is 1. The second kappa shape index (κ2) is 7.75. The molecule has 1 heterocycles. The van der Waals surface area contributed by atoms with E-state index in [1.54, 1.807) is 13.2 Å². The van der Waals surface area contributed by atoms with Crippen molar-refractivity contribution in [3.8, 4) is 29.4 Å². The van der Waals surface area contributed by atoms with Crippen LogP contribution in [0.5, 0.6) is 5.75 Å². The molecule has 1 amide bonds. The van der Waals surface area contributed by atoms with Crippen LogP contribution in [0, 0.1) is 18.2 Å². The minimum absolute atomic E-state index is 0.130. The summed E-state index contributed by atoms with van der Waals surface area (Å²) >= 11 is 0. The molecule has 0 aliphatic heterocycles. The van der Waals surface area contributed by atoms with Gasteiger partial charge in [-0.3, -0.25) is 4.79 Å². The number of fused-ring (bicyclic) bond motifs is 1. The number of terminal acetylenes is 1. The number of ether oxygens (including phenoxy) is 1. The molecule has 3 aromatic rings. The summed E-state index contributed by atoms with van der Waals surface area (Å²) in [6.45, 7) is 0.201. The van der Waals surface area contributed by atoms with E-state index in [1.165, 1.54) is 12.1 Å². The molecule has 0 aliphatic carbocycles. The molecule has 26 heavy (non-hydrogen) atoms. The number of nitrogens with one attached hydrogen (secondary N) is 2. The largest absolute Gasteiger partial charge is 0.497 e. The first-order valence-electron chi connectivity index (χ1n) is 8.27. The number of H-pyrrole nitrogens is 1. The van der Waals surface area contributed by atoms with Gasteiger partial charge in [0.2, 0.25) is 5.91 Å². The van der Waals surface area contributed by atoms with E-state index in [9.17, 15) is 9.18 Å². The highest BCUT2D eigenvalue weighted by molar-refractivity contribution is 5.91. The summed E-state index contributed by atoms with van der Waals surface area (Å²) < 4.78 is 19.0. The monoisotopic (exact) mass is 350 g/mol.